The molecule has 1 atom stereocenters. The van der Waals surface area contributed by atoms with Crippen molar-refractivity contribution in [3.8, 4) is 0 Å². The third kappa shape index (κ3) is 2.30. The van der Waals surface area contributed by atoms with Crippen LogP contribution in [0.3, 0.4) is 0 Å². The number of H-pyrrole nitrogens is 1. The molecule has 1 aliphatic heterocycles. The summed E-state index contributed by atoms with van der Waals surface area (Å²) in [5.41, 5.74) is -2.77. The molecule has 0 spiro atoms. The van der Waals surface area contributed by atoms with E-state index in [2.05, 4.69) is 10.3 Å². The molecule has 0 radical (unpaired) electrons. The van der Waals surface area contributed by atoms with Gasteiger partial charge in [-0.15, -0.1) is 0 Å². The molecule has 0 aliphatic carbocycles. The number of fused-ring (bicyclic) bond motifs is 1. The third-order valence-corrected chi connectivity index (χ3v) is 3.98. The Morgan fingerprint density at radius 1 is 1.40 bits per heavy atom. The third-order valence-electron chi connectivity index (χ3n) is 2.98. The SMILES string of the molecule is Cn1c2c(c(=O)[nH]c1=O)NC(S(N)(=O)=O)N2CCCO. The lowest BCUT2D eigenvalue weighted by molar-refractivity contribution is 0.289. The van der Waals surface area contributed by atoms with Gasteiger partial charge >= 0.3 is 5.69 Å². The van der Waals surface area contributed by atoms with E-state index in [1.807, 2.05) is 0 Å². The number of aliphatic hydroxyl groups is 1. The number of aromatic nitrogens is 2. The summed E-state index contributed by atoms with van der Waals surface area (Å²) >= 11 is 0. The van der Waals surface area contributed by atoms with Crippen LogP contribution in [0.2, 0.25) is 0 Å². The quantitative estimate of drug-likeness (QED) is 0.471. The lowest BCUT2D eigenvalue weighted by Crippen LogP contribution is -2.47. The summed E-state index contributed by atoms with van der Waals surface area (Å²) in [6, 6.07) is 0. The number of anilines is 2. The van der Waals surface area contributed by atoms with Gasteiger partial charge < -0.3 is 15.3 Å². The first kappa shape index (κ1) is 14.6. The average Bonchev–Trinajstić information content (AvgIpc) is 2.73. The summed E-state index contributed by atoms with van der Waals surface area (Å²) in [6.45, 7) is -0.0470. The zero-order valence-corrected chi connectivity index (χ0v) is 11.5. The highest BCUT2D eigenvalue weighted by molar-refractivity contribution is 7.90. The van der Waals surface area contributed by atoms with Crippen molar-refractivity contribution in [3.63, 3.8) is 0 Å². The van der Waals surface area contributed by atoms with Gasteiger partial charge in [0.1, 0.15) is 11.5 Å². The van der Waals surface area contributed by atoms with Gasteiger partial charge in [0, 0.05) is 20.2 Å². The molecule has 0 saturated carbocycles. The van der Waals surface area contributed by atoms with Gasteiger partial charge in [0.15, 0.2) is 0 Å². The molecular weight excluding hydrogens is 290 g/mol. The number of hydrogen-bond acceptors (Lipinski definition) is 7. The molecule has 0 fully saturated rings. The molecule has 0 saturated heterocycles. The highest BCUT2D eigenvalue weighted by Crippen LogP contribution is 2.31. The molecule has 1 unspecified atom stereocenters. The van der Waals surface area contributed by atoms with Gasteiger partial charge in [0.25, 0.3) is 5.56 Å². The summed E-state index contributed by atoms with van der Waals surface area (Å²) in [6.07, 6.45) is 0.258. The number of rotatable bonds is 4. The molecule has 2 rings (SSSR count). The van der Waals surface area contributed by atoms with Crippen molar-refractivity contribution in [1.29, 1.82) is 0 Å². The van der Waals surface area contributed by atoms with Crippen LogP contribution in [0.25, 0.3) is 0 Å². The average molecular weight is 305 g/mol. The van der Waals surface area contributed by atoms with E-state index in [-0.39, 0.29) is 31.1 Å². The van der Waals surface area contributed by atoms with Gasteiger partial charge in [0.2, 0.25) is 15.5 Å². The fourth-order valence-corrected chi connectivity index (χ4v) is 2.95. The maximum atomic E-state index is 11.7. The van der Waals surface area contributed by atoms with Crippen molar-refractivity contribution in [2.75, 3.05) is 23.4 Å². The number of nitrogens with zero attached hydrogens (tertiary/aromatic N) is 2. The molecule has 0 aromatic carbocycles. The lowest BCUT2D eigenvalue weighted by atomic mass is 10.4. The number of nitrogens with two attached hydrogens (primary N) is 1. The van der Waals surface area contributed by atoms with Crippen molar-refractivity contribution in [2.24, 2.45) is 12.2 Å². The second-order valence-corrected chi connectivity index (χ2v) is 6.00. The first-order valence-electron chi connectivity index (χ1n) is 5.76. The minimum atomic E-state index is -4.03. The van der Waals surface area contributed by atoms with E-state index in [0.717, 1.165) is 4.57 Å². The molecule has 20 heavy (non-hydrogen) atoms. The number of hydrogen-bond donors (Lipinski definition) is 4. The summed E-state index contributed by atoms with van der Waals surface area (Å²) < 4.78 is 24.3. The van der Waals surface area contributed by atoms with Gasteiger partial charge in [-0.25, -0.2) is 18.4 Å². The van der Waals surface area contributed by atoms with Gasteiger partial charge in [-0.3, -0.25) is 14.3 Å². The van der Waals surface area contributed by atoms with Crippen molar-refractivity contribution >= 4 is 21.5 Å². The van der Waals surface area contributed by atoms with Crippen LogP contribution in [0.1, 0.15) is 6.42 Å². The van der Waals surface area contributed by atoms with Crippen molar-refractivity contribution in [2.45, 2.75) is 11.9 Å². The minimum Gasteiger partial charge on any atom is -0.396 e. The molecular formula is C9H15N5O5S. The second kappa shape index (κ2) is 4.92. The Labute approximate surface area is 113 Å². The zero-order chi connectivity index (χ0) is 15.1. The van der Waals surface area contributed by atoms with Gasteiger partial charge in [-0.1, -0.05) is 0 Å². The molecule has 10 nitrogen and oxygen atoms in total. The molecule has 5 N–H and O–H groups in total. The largest absolute Gasteiger partial charge is 0.396 e. The van der Waals surface area contributed by atoms with Crippen LogP contribution in [0.5, 0.6) is 0 Å². The van der Waals surface area contributed by atoms with Crippen LogP contribution in [0, 0.1) is 0 Å². The van der Waals surface area contributed by atoms with Crippen LogP contribution in [0.15, 0.2) is 9.59 Å². The highest BCUT2D eigenvalue weighted by Gasteiger charge is 2.39. The first-order valence-corrected chi connectivity index (χ1v) is 7.37. The standard InChI is InChI=1S/C9H15N5O5S/c1-13-7-5(6(16)12-8(13)17)11-9(20(10,18)19)14(7)3-2-4-15/h9,11,15H,2-4H2,1H3,(H2,10,18,19)(H,12,16,17). The van der Waals surface area contributed by atoms with Crippen LogP contribution < -0.4 is 26.6 Å². The number of aromatic amines is 1. The summed E-state index contributed by atoms with van der Waals surface area (Å²) in [5, 5.41) is 16.5. The van der Waals surface area contributed by atoms with Crippen molar-refractivity contribution in [3.05, 3.63) is 20.8 Å². The molecule has 0 bridgehead atoms. The van der Waals surface area contributed by atoms with E-state index in [0.29, 0.717) is 0 Å². The molecule has 1 aromatic rings. The van der Waals surface area contributed by atoms with E-state index in [4.69, 9.17) is 10.2 Å². The Bertz CT molecular complexity index is 736. The maximum absolute atomic E-state index is 11.7. The van der Waals surface area contributed by atoms with E-state index in [1.165, 1.54) is 11.9 Å². The Morgan fingerprint density at radius 2 is 2.05 bits per heavy atom. The van der Waals surface area contributed by atoms with E-state index >= 15 is 0 Å². The van der Waals surface area contributed by atoms with Crippen LogP contribution in [-0.4, -0.2) is 41.7 Å². The Balaban J connectivity index is 2.62. The molecule has 112 valence electrons. The van der Waals surface area contributed by atoms with E-state index in [9.17, 15) is 18.0 Å². The van der Waals surface area contributed by atoms with Crippen LogP contribution >= 0.6 is 0 Å². The highest BCUT2D eigenvalue weighted by atomic mass is 32.2. The van der Waals surface area contributed by atoms with Crippen LogP contribution in [-0.2, 0) is 17.1 Å². The molecule has 1 aromatic heterocycles. The molecule has 2 heterocycles. The number of aliphatic hydroxyl groups excluding tert-OH is 1. The maximum Gasteiger partial charge on any atom is 0.329 e. The number of sulfonamides is 1. The van der Waals surface area contributed by atoms with Gasteiger partial charge in [-0.2, -0.15) is 0 Å². The van der Waals surface area contributed by atoms with Gasteiger partial charge in [-0.05, 0) is 6.42 Å². The fourth-order valence-electron chi connectivity index (χ4n) is 2.11. The minimum absolute atomic E-state index is 0.0379. The normalized spacial score (nSPS) is 17.9. The molecule has 11 heteroatoms. The monoisotopic (exact) mass is 305 g/mol. The Kier molecular flexibility index (Phi) is 3.58. The zero-order valence-electron chi connectivity index (χ0n) is 10.7. The Morgan fingerprint density at radius 3 is 2.60 bits per heavy atom. The summed E-state index contributed by atoms with van der Waals surface area (Å²) in [4.78, 5) is 26.7. The predicted molar refractivity (Wildman–Crippen MR) is 71.9 cm³/mol. The first-order chi connectivity index (χ1) is 9.27. The smallest absolute Gasteiger partial charge is 0.329 e. The number of nitrogens with one attached hydrogen (secondary N) is 2. The predicted octanol–water partition coefficient (Wildman–Crippen LogP) is -2.74. The van der Waals surface area contributed by atoms with Crippen LogP contribution in [0.4, 0.5) is 11.5 Å². The van der Waals surface area contributed by atoms with Gasteiger partial charge in [0.05, 0.1) is 0 Å². The lowest BCUT2D eigenvalue weighted by Gasteiger charge is -2.25. The van der Waals surface area contributed by atoms with E-state index in [1.54, 1.807) is 0 Å². The fraction of sp³-hybridized carbons (Fsp3) is 0.556. The van der Waals surface area contributed by atoms with Crippen molar-refractivity contribution in [1.82, 2.24) is 9.55 Å². The van der Waals surface area contributed by atoms with Crippen molar-refractivity contribution < 1.29 is 13.5 Å². The summed E-state index contributed by atoms with van der Waals surface area (Å²) in [7, 11) is -2.63. The molecule has 1 aliphatic rings. The topological polar surface area (TPSA) is 151 Å². The molecule has 0 amide bonds. The second-order valence-electron chi connectivity index (χ2n) is 4.37. The Hall–Kier alpha value is -1.85. The summed E-state index contributed by atoms with van der Waals surface area (Å²) in [5.74, 6) is 0.131. The number of primary sulfonamides is 1. The van der Waals surface area contributed by atoms with E-state index < -0.39 is 26.8 Å².